The zero-order chi connectivity index (χ0) is 17.1. The molecular formula is C20H145N5S. The number of nitrogens with one attached hydrogen (secondary N) is 1. The van der Waals surface area contributed by atoms with E-state index >= 15 is 0 Å². The summed E-state index contributed by atoms with van der Waals surface area (Å²) in [7, 11) is 2.02. The maximum Gasteiger partial charge on any atom is 0.0933 e. The predicted octanol–water partition coefficient (Wildman–Crippen LogP) is 19.1. The molecule has 0 atom stereocenters. The van der Waals surface area contributed by atoms with Gasteiger partial charge in [-0.2, -0.15) is 23.7 Å². The number of aromatic amines is 1. The summed E-state index contributed by atoms with van der Waals surface area (Å²) >= 11 is 0. The van der Waals surface area contributed by atoms with Crippen molar-refractivity contribution in [3.8, 4) is 11.3 Å². The van der Waals surface area contributed by atoms with Crippen molar-refractivity contribution in [3.63, 3.8) is 0 Å². The van der Waals surface area contributed by atoms with E-state index in [1.807, 2.05) is 17.9 Å². The van der Waals surface area contributed by atoms with Gasteiger partial charge in [-0.25, -0.2) is 4.98 Å². The van der Waals surface area contributed by atoms with Crippen LogP contribution in [0.15, 0.2) is 18.3 Å². The molecule has 0 spiro atoms. The molecule has 0 fully saturated rings. The van der Waals surface area contributed by atoms with Crippen molar-refractivity contribution in [2.45, 2.75) is 39.5 Å². The Morgan fingerprint density at radius 3 is 2.50 bits per heavy atom. The molecule has 0 saturated carbocycles. The lowest BCUT2D eigenvalue weighted by atomic mass is 9.85. The smallest absolute Gasteiger partial charge is 0.0933 e. The molecule has 0 unspecified atom stereocenters. The highest BCUT2D eigenvalue weighted by molar-refractivity contribution is 7.59. The van der Waals surface area contributed by atoms with Crippen molar-refractivity contribution < 1.29 is 87.0 Å². The van der Waals surface area contributed by atoms with Crippen LogP contribution in [0.1, 0.15) is 122 Å². The lowest BCUT2D eigenvalue weighted by Gasteiger charge is -2.21. The Morgan fingerprint density at radius 2 is 1.77 bits per heavy atom. The molecule has 26 heavy (non-hydrogen) atoms. The third-order valence-corrected chi connectivity index (χ3v) is 5.64. The third-order valence-electron chi connectivity index (χ3n) is 5.64. The molecule has 0 radical (unpaired) electrons. The van der Waals surface area contributed by atoms with Crippen molar-refractivity contribution in [2.24, 2.45) is 7.05 Å². The van der Waals surface area contributed by atoms with Crippen LogP contribution < -0.4 is 0 Å². The maximum atomic E-state index is 5.10. The summed E-state index contributed by atoms with van der Waals surface area (Å²) in [6, 6.07) is 4.22. The molecule has 1 aliphatic carbocycles. The molecule has 4 aromatic rings. The van der Waals surface area contributed by atoms with Gasteiger partial charge < -0.3 is 0 Å². The van der Waals surface area contributed by atoms with Gasteiger partial charge in [0, 0.05) is 122 Å². The Kier molecular flexibility index (Phi) is 4.03. The number of fused-ring (bicyclic) bond motifs is 5. The Balaban J connectivity index is -0.00000000242. The fourth-order valence-electron chi connectivity index (χ4n) is 4.27. The van der Waals surface area contributed by atoms with Crippen LogP contribution in [-0.2, 0) is 19.9 Å². The first-order chi connectivity index (χ1) is 12.1. The number of aryl methyl sites for hydroxylation is 4. The summed E-state index contributed by atoms with van der Waals surface area (Å²) in [4.78, 5) is 5.10. The van der Waals surface area contributed by atoms with Crippen LogP contribution in [0.25, 0.3) is 33.1 Å². The summed E-state index contributed by atoms with van der Waals surface area (Å²) in [6.07, 6.45) is 6.59. The van der Waals surface area contributed by atoms with Crippen molar-refractivity contribution in [1.82, 2.24) is 25.0 Å². The Hall–Kier alpha value is -2.34. The molecular weight excluding hydrogens is 342 g/mol. The second-order valence-electron chi connectivity index (χ2n) is 7.10. The molecule has 5 nitrogen and oxygen atoms in total. The quantitative estimate of drug-likeness (QED) is 0.290. The van der Waals surface area contributed by atoms with E-state index in [4.69, 9.17) is 4.98 Å². The van der Waals surface area contributed by atoms with Crippen molar-refractivity contribution in [2.75, 3.05) is 0 Å². The highest BCUT2D eigenvalue weighted by Gasteiger charge is 2.23. The van der Waals surface area contributed by atoms with E-state index in [2.05, 4.69) is 41.3 Å². The number of aromatic nitrogens is 5. The fourth-order valence-corrected chi connectivity index (χ4v) is 4.27. The van der Waals surface area contributed by atoms with Gasteiger partial charge in [-0.1, -0.05) is 0 Å². The number of H-pyrrole nitrogens is 1. The van der Waals surface area contributed by atoms with E-state index in [0.717, 1.165) is 40.8 Å². The highest BCUT2D eigenvalue weighted by Crippen LogP contribution is 2.39. The van der Waals surface area contributed by atoms with Gasteiger partial charge in [0.1, 0.15) is 0 Å². The molecule has 256 valence electrons. The summed E-state index contributed by atoms with van der Waals surface area (Å²) < 4.78 is 1.98. The molecule has 5 rings (SSSR count). The molecule has 0 amide bonds. The molecule has 3 heterocycles. The van der Waals surface area contributed by atoms with Gasteiger partial charge in [0.05, 0.1) is 22.9 Å². The van der Waals surface area contributed by atoms with Crippen LogP contribution in [0.3, 0.4) is 0 Å². The summed E-state index contributed by atoms with van der Waals surface area (Å²) in [5.41, 5.74) is 9.53. The van der Waals surface area contributed by atoms with Crippen molar-refractivity contribution in [3.05, 3.63) is 40.8 Å². The van der Waals surface area contributed by atoms with E-state index in [9.17, 15) is 0 Å². The van der Waals surface area contributed by atoms with Crippen molar-refractivity contribution >= 4 is 35.3 Å². The maximum absolute atomic E-state index is 5.10. The molecule has 6 heteroatoms. The van der Waals surface area contributed by atoms with Gasteiger partial charge in [-0.3, -0.25) is 9.78 Å². The van der Waals surface area contributed by atoms with E-state index in [1.165, 1.54) is 40.4 Å². The Bertz CT molecular complexity index is 1220. The lowest BCUT2D eigenvalue weighted by Crippen LogP contribution is -2.08. The Morgan fingerprint density at radius 1 is 1.04 bits per heavy atom. The lowest BCUT2D eigenvalue weighted by molar-refractivity contribution is 0.689. The predicted molar refractivity (Wildman–Crippen MR) is 239 cm³/mol. The standard InChI is InChI=1S/C20H21N5.H2S.61H2/c1-11-15(10-21-23-11)20-14-7-5-4-6-13(14)19-16(22-20)8-9-17-18(19)12(2)25(3)24-17;;;;;;;;;;;;;;;;;;;;;;;;;;;;;;;;;;;;;;;;;;;;;;;;;;;;;;;;;;;;;;/h8-10H,4-7H2,1-3H3,(H,21,23);1H2;61*1H. The minimum atomic E-state index is 0. The topological polar surface area (TPSA) is 59.4 Å². The van der Waals surface area contributed by atoms with Crippen LogP contribution in [0.2, 0.25) is 0 Å². The summed E-state index contributed by atoms with van der Waals surface area (Å²) in [5, 5.41) is 14.5. The van der Waals surface area contributed by atoms with Crippen molar-refractivity contribution in [1.29, 1.82) is 0 Å². The molecule has 0 aliphatic heterocycles. The molecule has 0 saturated heterocycles. The van der Waals surface area contributed by atoms with E-state index in [1.54, 1.807) is 0 Å². The first kappa shape index (κ1) is 17.1. The number of hydrogen-bond donors (Lipinski definition) is 1. The second-order valence-corrected chi connectivity index (χ2v) is 7.10. The van der Waals surface area contributed by atoms with E-state index < -0.39 is 0 Å². The Labute approximate surface area is 249 Å². The highest BCUT2D eigenvalue weighted by atomic mass is 32.1. The second kappa shape index (κ2) is 6.13. The SMILES string of the molecule is Cc1[nH]ncc1-c1nc2ccc3nn(C)c(C)c3c2c2c1CCCC2.S.[HH].[HH].[HH].[HH].[HH].[HH].[HH].[HH].[HH].[HH].[HH].[HH].[HH].[HH].[HH].[HH].[HH].[HH].[HH].[HH].[HH].[HH].[HH].[HH].[HH].[HH].[HH].[HH].[HH].[HH].[HH].[HH].[HH].[HH].[HH].[HH].[HH].[HH].[HH].[HH].[HH].[HH].[HH].[HH].[HH].[HH].[HH].[HH].[HH].[HH].[HH].[HH].[HH].[HH].[HH].[HH].[HH].[HH].[HH].[HH].[HH]. The zero-order valence-electron chi connectivity index (χ0n) is 15.3. The van der Waals surface area contributed by atoms with Crippen LogP contribution >= 0.6 is 13.5 Å². The largest absolute Gasteiger partial charge is 0.282 e. The number of hydrogen-bond acceptors (Lipinski definition) is 3. The molecule has 1 aliphatic rings. The summed E-state index contributed by atoms with van der Waals surface area (Å²) in [6.45, 7) is 4.22. The fraction of sp³-hybridized carbons (Fsp3) is 0.350. The summed E-state index contributed by atoms with van der Waals surface area (Å²) in [5.74, 6) is 0. The van der Waals surface area contributed by atoms with Gasteiger partial charge in [0.25, 0.3) is 0 Å². The minimum absolute atomic E-state index is 0. The van der Waals surface area contributed by atoms with Gasteiger partial charge in [0.15, 0.2) is 0 Å². The third kappa shape index (κ3) is 2.28. The van der Waals surface area contributed by atoms with Crippen LogP contribution in [0.4, 0.5) is 0 Å². The van der Waals surface area contributed by atoms with Crippen LogP contribution in [0, 0.1) is 13.8 Å². The molecule has 1 N–H and O–H groups in total. The van der Waals surface area contributed by atoms with Gasteiger partial charge in [0.2, 0.25) is 0 Å². The van der Waals surface area contributed by atoms with Crippen LogP contribution in [0.5, 0.6) is 0 Å². The minimum Gasteiger partial charge on any atom is -0.282 e. The van der Waals surface area contributed by atoms with Gasteiger partial charge >= 0.3 is 0 Å². The molecule has 1 aromatic carbocycles. The normalized spacial score (nSPS) is 13.8. The first-order valence-electron chi connectivity index (χ1n) is 8.93. The average Bonchev–Trinajstić information content (AvgIpc) is 3.17. The van der Waals surface area contributed by atoms with Gasteiger partial charge in [-0.05, 0) is 62.8 Å². The van der Waals surface area contributed by atoms with Crippen LogP contribution in [-0.4, -0.2) is 25.0 Å². The first-order valence-corrected chi connectivity index (χ1v) is 8.93. The number of benzene rings is 1. The average molecular weight is 488 g/mol. The molecule has 0 bridgehead atoms. The zero-order valence-corrected chi connectivity index (χ0v) is 16.3. The number of pyridine rings is 1. The van der Waals surface area contributed by atoms with Gasteiger partial charge in [-0.15, -0.1) is 0 Å². The number of rotatable bonds is 1. The monoisotopic (exact) mass is 488 g/mol. The molecule has 3 aromatic heterocycles. The van der Waals surface area contributed by atoms with E-state index in [0.29, 0.717) is 0 Å². The van der Waals surface area contributed by atoms with E-state index in [-0.39, 0.29) is 101 Å². The number of nitrogens with zero attached hydrogens (tertiary/aromatic N) is 4.